The summed E-state index contributed by atoms with van der Waals surface area (Å²) < 4.78 is 64.0. The van der Waals surface area contributed by atoms with Crippen LogP contribution in [-0.2, 0) is 28.6 Å². The third-order valence-corrected chi connectivity index (χ3v) is 3.72. The lowest BCUT2D eigenvalue weighted by Crippen LogP contribution is -2.43. The van der Waals surface area contributed by atoms with E-state index in [1.54, 1.807) is 0 Å². The summed E-state index contributed by atoms with van der Waals surface area (Å²) in [5.74, 6) is -3.98. The van der Waals surface area contributed by atoms with E-state index in [0.29, 0.717) is 6.07 Å². The lowest BCUT2D eigenvalue weighted by molar-refractivity contribution is -0.141. The largest absolute Gasteiger partial charge is 0.480 e. The first-order chi connectivity index (χ1) is 12.6. The number of carbonyl (C=O) groups is 2. The number of alkyl halides is 3. The van der Waals surface area contributed by atoms with E-state index < -0.39 is 47.7 Å². The van der Waals surface area contributed by atoms with Crippen molar-refractivity contribution in [1.29, 1.82) is 0 Å². The number of carboxylic acids is 1. The first-order valence-electron chi connectivity index (χ1n) is 7.68. The lowest BCUT2D eigenvalue weighted by atomic mass is 10.0. The summed E-state index contributed by atoms with van der Waals surface area (Å²) in [6.07, 6.45) is -5.29. The van der Waals surface area contributed by atoms with Gasteiger partial charge in [0.15, 0.2) is 0 Å². The van der Waals surface area contributed by atoms with Gasteiger partial charge in [-0.25, -0.2) is 13.6 Å². The number of hydrogen-bond donors (Lipinski definition) is 2. The van der Waals surface area contributed by atoms with Crippen LogP contribution in [0.3, 0.4) is 0 Å². The van der Waals surface area contributed by atoms with E-state index in [0.717, 1.165) is 36.4 Å². The van der Waals surface area contributed by atoms with Crippen molar-refractivity contribution in [2.24, 2.45) is 0 Å². The summed E-state index contributed by atoms with van der Waals surface area (Å²) in [7, 11) is 0. The minimum absolute atomic E-state index is 0.118. The van der Waals surface area contributed by atoms with Crippen molar-refractivity contribution < 1.29 is 36.6 Å². The molecule has 0 saturated heterocycles. The summed E-state index contributed by atoms with van der Waals surface area (Å²) in [5, 5.41) is 11.4. The molecule has 9 heteroatoms. The van der Waals surface area contributed by atoms with E-state index in [1.807, 2.05) is 0 Å². The summed E-state index contributed by atoms with van der Waals surface area (Å²) >= 11 is 0. The third kappa shape index (κ3) is 5.77. The minimum Gasteiger partial charge on any atom is -0.480 e. The SMILES string of the molecule is O=C(Cc1ccc(F)cc1F)N[C@@H](Cc1ccc(C(F)(F)F)cc1)C(=O)O. The zero-order valence-corrected chi connectivity index (χ0v) is 13.7. The van der Waals surface area contributed by atoms with Crippen LogP contribution in [0.4, 0.5) is 22.0 Å². The molecule has 0 aliphatic rings. The summed E-state index contributed by atoms with van der Waals surface area (Å²) in [6, 6.07) is 5.05. The van der Waals surface area contributed by atoms with Crippen LogP contribution in [-0.4, -0.2) is 23.0 Å². The van der Waals surface area contributed by atoms with Gasteiger partial charge in [0.2, 0.25) is 5.91 Å². The van der Waals surface area contributed by atoms with Crippen LogP contribution >= 0.6 is 0 Å². The monoisotopic (exact) mass is 387 g/mol. The molecule has 0 aromatic heterocycles. The molecule has 2 aromatic carbocycles. The molecule has 1 amide bonds. The molecule has 0 aliphatic heterocycles. The van der Waals surface area contributed by atoms with E-state index >= 15 is 0 Å². The van der Waals surface area contributed by atoms with Crippen LogP contribution in [0.25, 0.3) is 0 Å². The van der Waals surface area contributed by atoms with Crippen molar-refractivity contribution >= 4 is 11.9 Å². The predicted octanol–water partition coefficient (Wildman–Crippen LogP) is 3.34. The molecule has 4 nitrogen and oxygen atoms in total. The highest BCUT2D eigenvalue weighted by Gasteiger charge is 2.30. The standard InChI is InChI=1S/C18H14F5NO3/c19-13-6-3-11(14(20)9-13)8-16(25)24-15(17(26)27)7-10-1-4-12(5-2-10)18(21,22)23/h1-6,9,15H,7-8H2,(H,24,25)(H,26,27)/t15-/m0/s1. The van der Waals surface area contributed by atoms with Crippen LogP contribution in [0.1, 0.15) is 16.7 Å². The van der Waals surface area contributed by atoms with Crippen molar-refractivity contribution in [3.8, 4) is 0 Å². The number of amides is 1. The van der Waals surface area contributed by atoms with Gasteiger partial charge in [0.25, 0.3) is 0 Å². The fourth-order valence-electron chi connectivity index (χ4n) is 2.35. The van der Waals surface area contributed by atoms with E-state index in [2.05, 4.69) is 5.32 Å². The highest BCUT2D eigenvalue weighted by Crippen LogP contribution is 2.29. The van der Waals surface area contributed by atoms with E-state index in [1.165, 1.54) is 0 Å². The second kappa shape index (κ2) is 8.15. The lowest BCUT2D eigenvalue weighted by Gasteiger charge is -2.15. The van der Waals surface area contributed by atoms with Gasteiger partial charge in [0.05, 0.1) is 12.0 Å². The van der Waals surface area contributed by atoms with Gasteiger partial charge in [0.1, 0.15) is 17.7 Å². The highest BCUT2D eigenvalue weighted by atomic mass is 19.4. The molecule has 0 bridgehead atoms. The fourth-order valence-corrected chi connectivity index (χ4v) is 2.35. The fraction of sp³-hybridized carbons (Fsp3) is 0.222. The molecule has 2 aromatic rings. The van der Waals surface area contributed by atoms with Crippen LogP contribution in [0.15, 0.2) is 42.5 Å². The predicted molar refractivity (Wildman–Crippen MR) is 84.8 cm³/mol. The van der Waals surface area contributed by atoms with Crippen molar-refractivity contribution in [3.63, 3.8) is 0 Å². The van der Waals surface area contributed by atoms with Crippen LogP contribution < -0.4 is 5.32 Å². The summed E-state index contributed by atoms with van der Waals surface area (Å²) in [6.45, 7) is 0. The molecule has 0 aliphatic carbocycles. The Labute approximate surface area is 150 Å². The molecule has 0 fully saturated rings. The van der Waals surface area contributed by atoms with Crippen LogP contribution in [0.2, 0.25) is 0 Å². The van der Waals surface area contributed by atoms with Gasteiger partial charge in [-0.3, -0.25) is 4.79 Å². The molecule has 144 valence electrons. The minimum atomic E-state index is -4.52. The van der Waals surface area contributed by atoms with Gasteiger partial charge < -0.3 is 10.4 Å². The molecular formula is C18H14F5NO3. The Bertz CT molecular complexity index is 834. The number of rotatable bonds is 6. The van der Waals surface area contributed by atoms with Gasteiger partial charge in [-0.15, -0.1) is 0 Å². The molecule has 0 heterocycles. The summed E-state index contributed by atoms with van der Waals surface area (Å²) in [5.41, 5.74) is -0.731. The topological polar surface area (TPSA) is 66.4 Å². The average molecular weight is 387 g/mol. The van der Waals surface area contributed by atoms with E-state index in [4.69, 9.17) is 0 Å². The van der Waals surface area contributed by atoms with Crippen molar-refractivity contribution in [2.45, 2.75) is 25.1 Å². The quantitative estimate of drug-likeness (QED) is 0.748. The summed E-state index contributed by atoms with van der Waals surface area (Å²) in [4.78, 5) is 23.3. The average Bonchev–Trinajstić information content (AvgIpc) is 2.56. The molecule has 0 saturated carbocycles. The molecule has 0 unspecified atom stereocenters. The number of carbonyl (C=O) groups excluding carboxylic acids is 1. The molecule has 27 heavy (non-hydrogen) atoms. The smallest absolute Gasteiger partial charge is 0.416 e. The molecule has 0 spiro atoms. The van der Waals surface area contributed by atoms with E-state index in [9.17, 15) is 36.6 Å². The molecule has 2 rings (SSSR count). The maximum atomic E-state index is 13.6. The molecular weight excluding hydrogens is 373 g/mol. The van der Waals surface area contributed by atoms with Crippen molar-refractivity contribution in [1.82, 2.24) is 5.32 Å². The first-order valence-corrected chi connectivity index (χ1v) is 7.68. The Morgan fingerprint density at radius 3 is 2.19 bits per heavy atom. The van der Waals surface area contributed by atoms with Gasteiger partial charge >= 0.3 is 12.1 Å². The van der Waals surface area contributed by atoms with Gasteiger partial charge in [-0.05, 0) is 29.3 Å². The zero-order valence-electron chi connectivity index (χ0n) is 13.7. The second-order valence-corrected chi connectivity index (χ2v) is 5.77. The maximum absolute atomic E-state index is 13.6. The highest BCUT2D eigenvalue weighted by molar-refractivity contribution is 5.85. The van der Waals surface area contributed by atoms with E-state index in [-0.39, 0.29) is 17.5 Å². The Morgan fingerprint density at radius 2 is 1.67 bits per heavy atom. The number of halogens is 5. The number of aliphatic carboxylic acids is 1. The molecule has 0 radical (unpaired) electrons. The first kappa shape index (κ1) is 20.3. The number of carboxylic acid groups (broad SMARTS) is 1. The Morgan fingerprint density at radius 1 is 1.04 bits per heavy atom. The third-order valence-electron chi connectivity index (χ3n) is 3.72. The number of hydrogen-bond acceptors (Lipinski definition) is 2. The Balaban J connectivity index is 2.04. The van der Waals surface area contributed by atoms with Crippen LogP contribution in [0.5, 0.6) is 0 Å². The number of nitrogens with one attached hydrogen (secondary N) is 1. The Kier molecular flexibility index (Phi) is 6.14. The van der Waals surface area contributed by atoms with Crippen molar-refractivity contribution in [3.05, 3.63) is 70.8 Å². The normalized spacial score (nSPS) is 12.5. The molecule has 1 atom stereocenters. The Hall–Kier alpha value is -2.97. The maximum Gasteiger partial charge on any atom is 0.416 e. The van der Waals surface area contributed by atoms with Gasteiger partial charge in [-0.2, -0.15) is 13.2 Å². The second-order valence-electron chi connectivity index (χ2n) is 5.77. The van der Waals surface area contributed by atoms with Crippen molar-refractivity contribution in [2.75, 3.05) is 0 Å². The molecule has 2 N–H and O–H groups in total. The van der Waals surface area contributed by atoms with Gasteiger partial charge in [0, 0.05) is 12.5 Å². The number of benzene rings is 2. The van der Waals surface area contributed by atoms with Gasteiger partial charge in [-0.1, -0.05) is 18.2 Å². The zero-order chi connectivity index (χ0) is 20.2. The van der Waals surface area contributed by atoms with Crippen LogP contribution in [0, 0.1) is 11.6 Å².